The first-order valence-electron chi connectivity index (χ1n) is 15.0. The highest BCUT2D eigenvalue weighted by Gasteiger charge is 2.24. The van der Waals surface area contributed by atoms with Crippen LogP contribution >= 0.6 is 0 Å². The predicted molar refractivity (Wildman–Crippen MR) is 183 cm³/mol. The van der Waals surface area contributed by atoms with Gasteiger partial charge in [0, 0.05) is 11.1 Å². The van der Waals surface area contributed by atoms with Crippen molar-refractivity contribution in [2.24, 2.45) is 0 Å². The molecule has 0 aliphatic carbocycles. The van der Waals surface area contributed by atoms with Gasteiger partial charge in [-0.2, -0.15) is 0 Å². The van der Waals surface area contributed by atoms with E-state index < -0.39 is 0 Å². The maximum absolute atomic E-state index is 5.04. The zero-order valence-electron chi connectivity index (χ0n) is 24.7. The number of rotatable bonds is 3. The Kier molecular flexibility index (Phi) is 5.74. The highest BCUT2D eigenvalue weighted by atomic mass is 15.1. The Morgan fingerprint density at radius 1 is 0.488 bits per heavy atom. The Bertz CT molecular complexity index is 2260. The van der Waals surface area contributed by atoms with Gasteiger partial charge in [-0.3, -0.25) is 4.57 Å². The summed E-state index contributed by atoms with van der Waals surface area (Å²) in [7, 11) is 0. The molecule has 2 heteroatoms. The standard InChI is InChI=1S/C41H32N2/c1-41(2,3)40-42-36-18-10-11-19-37(36)43(40)31-24-22-28(23-25-31)38-32-14-6-8-16-34(32)39(35-17-9-7-15-33(35)38)30-21-20-27-12-4-5-13-29(27)26-30/h4-26H,1-3H3. The molecule has 7 aromatic carbocycles. The van der Waals surface area contributed by atoms with E-state index in [0.29, 0.717) is 0 Å². The Balaban J connectivity index is 1.35. The Morgan fingerprint density at radius 3 is 1.63 bits per heavy atom. The van der Waals surface area contributed by atoms with Crippen LogP contribution in [0.3, 0.4) is 0 Å². The number of imidazole rings is 1. The van der Waals surface area contributed by atoms with E-state index in [0.717, 1.165) is 22.5 Å². The Labute approximate surface area is 251 Å². The quantitative estimate of drug-likeness (QED) is 0.199. The van der Waals surface area contributed by atoms with E-state index in [-0.39, 0.29) is 5.41 Å². The van der Waals surface area contributed by atoms with Crippen LogP contribution in [-0.2, 0) is 5.41 Å². The molecule has 8 aromatic rings. The van der Waals surface area contributed by atoms with Crippen LogP contribution in [-0.4, -0.2) is 9.55 Å². The summed E-state index contributed by atoms with van der Waals surface area (Å²) >= 11 is 0. The SMILES string of the molecule is CC(C)(C)c1nc2ccccc2n1-c1ccc(-c2c3ccccc3c(-c3ccc4ccccc4c3)c3ccccc23)cc1. The highest BCUT2D eigenvalue weighted by Crippen LogP contribution is 2.44. The number of para-hydroxylation sites is 2. The zero-order valence-corrected chi connectivity index (χ0v) is 24.7. The summed E-state index contributed by atoms with van der Waals surface area (Å²) in [5.74, 6) is 1.07. The van der Waals surface area contributed by atoms with Crippen molar-refractivity contribution in [1.29, 1.82) is 0 Å². The van der Waals surface area contributed by atoms with E-state index >= 15 is 0 Å². The normalized spacial score (nSPS) is 12.1. The molecule has 0 radical (unpaired) electrons. The molecule has 0 saturated carbocycles. The molecular weight excluding hydrogens is 520 g/mol. The van der Waals surface area contributed by atoms with Crippen LogP contribution in [0, 0.1) is 0 Å². The van der Waals surface area contributed by atoms with Crippen molar-refractivity contribution in [3.05, 3.63) is 145 Å². The minimum absolute atomic E-state index is 0.0946. The van der Waals surface area contributed by atoms with E-state index in [1.54, 1.807) is 0 Å². The van der Waals surface area contributed by atoms with E-state index in [9.17, 15) is 0 Å². The van der Waals surface area contributed by atoms with Crippen molar-refractivity contribution in [2.45, 2.75) is 26.2 Å². The number of hydrogen-bond donors (Lipinski definition) is 0. The summed E-state index contributed by atoms with van der Waals surface area (Å²) in [5, 5.41) is 7.59. The molecule has 0 atom stereocenters. The first kappa shape index (κ1) is 25.5. The first-order chi connectivity index (χ1) is 21.0. The summed E-state index contributed by atoms with van der Waals surface area (Å²) in [6, 6.07) is 50.7. The van der Waals surface area contributed by atoms with Gasteiger partial charge in [-0.25, -0.2) is 4.98 Å². The van der Waals surface area contributed by atoms with Crippen LogP contribution in [0.2, 0.25) is 0 Å². The van der Waals surface area contributed by atoms with Gasteiger partial charge in [-0.05, 0) is 84.9 Å². The molecule has 2 nitrogen and oxygen atoms in total. The molecule has 0 amide bonds. The van der Waals surface area contributed by atoms with Gasteiger partial charge in [-0.1, -0.05) is 130 Å². The molecule has 1 aromatic heterocycles. The van der Waals surface area contributed by atoms with Crippen LogP contribution in [0.15, 0.2) is 140 Å². The summed E-state index contributed by atoms with van der Waals surface area (Å²) in [4.78, 5) is 5.04. The molecule has 0 fully saturated rings. The van der Waals surface area contributed by atoms with Gasteiger partial charge < -0.3 is 0 Å². The lowest BCUT2D eigenvalue weighted by Crippen LogP contribution is -2.18. The maximum atomic E-state index is 5.04. The molecule has 206 valence electrons. The summed E-state index contributed by atoms with van der Waals surface area (Å²) in [5.41, 5.74) is 8.21. The molecule has 0 aliphatic rings. The molecule has 0 spiro atoms. The van der Waals surface area contributed by atoms with Crippen molar-refractivity contribution in [1.82, 2.24) is 9.55 Å². The number of fused-ring (bicyclic) bond motifs is 4. The van der Waals surface area contributed by atoms with Gasteiger partial charge in [0.25, 0.3) is 0 Å². The second-order valence-electron chi connectivity index (χ2n) is 12.5. The largest absolute Gasteiger partial charge is 0.296 e. The van der Waals surface area contributed by atoms with Gasteiger partial charge in [0.15, 0.2) is 0 Å². The fourth-order valence-corrected chi connectivity index (χ4v) is 6.66. The van der Waals surface area contributed by atoms with Gasteiger partial charge in [0.05, 0.1) is 11.0 Å². The van der Waals surface area contributed by atoms with Crippen molar-refractivity contribution in [2.75, 3.05) is 0 Å². The molecule has 1 heterocycles. The topological polar surface area (TPSA) is 17.8 Å². The number of benzene rings is 7. The number of hydrogen-bond acceptors (Lipinski definition) is 1. The molecule has 0 unspecified atom stereocenters. The van der Waals surface area contributed by atoms with E-state index in [2.05, 4.69) is 165 Å². The van der Waals surface area contributed by atoms with Crippen molar-refractivity contribution in [3.8, 4) is 27.9 Å². The zero-order chi connectivity index (χ0) is 29.1. The van der Waals surface area contributed by atoms with Gasteiger partial charge >= 0.3 is 0 Å². The Morgan fingerprint density at radius 2 is 1.00 bits per heavy atom. The van der Waals surface area contributed by atoms with Crippen molar-refractivity contribution >= 4 is 43.4 Å². The molecule has 43 heavy (non-hydrogen) atoms. The van der Waals surface area contributed by atoms with E-state index in [1.165, 1.54) is 54.6 Å². The second kappa shape index (κ2) is 9.68. The number of nitrogens with zero attached hydrogens (tertiary/aromatic N) is 2. The van der Waals surface area contributed by atoms with Gasteiger partial charge in [0.1, 0.15) is 5.82 Å². The lowest BCUT2D eigenvalue weighted by molar-refractivity contribution is 0.539. The average molecular weight is 553 g/mol. The first-order valence-corrected chi connectivity index (χ1v) is 15.0. The van der Waals surface area contributed by atoms with Crippen LogP contribution in [0.25, 0.3) is 71.3 Å². The molecule has 0 bridgehead atoms. The fraction of sp³-hybridized carbons (Fsp3) is 0.0976. The van der Waals surface area contributed by atoms with Crippen LogP contribution in [0.4, 0.5) is 0 Å². The molecule has 0 saturated heterocycles. The van der Waals surface area contributed by atoms with Crippen molar-refractivity contribution in [3.63, 3.8) is 0 Å². The predicted octanol–water partition coefficient (Wildman–Crippen LogP) is 11.1. The maximum Gasteiger partial charge on any atom is 0.119 e. The van der Waals surface area contributed by atoms with Crippen LogP contribution < -0.4 is 0 Å². The van der Waals surface area contributed by atoms with Crippen molar-refractivity contribution < 1.29 is 0 Å². The third-order valence-corrected chi connectivity index (χ3v) is 8.62. The number of aromatic nitrogens is 2. The monoisotopic (exact) mass is 552 g/mol. The summed E-state index contributed by atoms with van der Waals surface area (Å²) < 4.78 is 2.32. The molecule has 8 rings (SSSR count). The average Bonchev–Trinajstić information content (AvgIpc) is 3.44. The third-order valence-electron chi connectivity index (χ3n) is 8.62. The fourth-order valence-electron chi connectivity index (χ4n) is 6.66. The molecular formula is C41H32N2. The minimum Gasteiger partial charge on any atom is -0.296 e. The lowest BCUT2D eigenvalue weighted by Gasteiger charge is -2.21. The Hall–Kier alpha value is -5.21. The van der Waals surface area contributed by atoms with E-state index in [1.807, 2.05) is 0 Å². The molecule has 0 aliphatic heterocycles. The summed E-state index contributed by atoms with van der Waals surface area (Å²) in [6.07, 6.45) is 0. The molecule has 0 N–H and O–H groups in total. The minimum atomic E-state index is -0.0946. The third kappa shape index (κ3) is 4.13. The highest BCUT2D eigenvalue weighted by molar-refractivity contribution is 6.21. The van der Waals surface area contributed by atoms with Crippen LogP contribution in [0.5, 0.6) is 0 Å². The lowest BCUT2D eigenvalue weighted by atomic mass is 9.85. The second-order valence-corrected chi connectivity index (χ2v) is 12.5. The van der Waals surface area contributed by atoms with Gasteiger partial charge in [-0.15, -0.1) is 0 Å². The smallest absolute Gasteiger partial charge is 0.119 e. The summed E-state index contributed by atoms with van der Waals surface area (Å²) in [6.45, 7) is 6.69. The van der Waals surface area contributed by atoms with Crippen LogP contribution in [0.1, 0.15) is 26.6 Å². The van der Waals surface area contributed by atoms with Gasteiger partial charge in [0.2, 0.25) is 0 Å². The van der Waals surface area contributed by atoms with E-state index in [4.69, 9.17) is 4.98 Å².